The molecule has 2 rings (SSSR count). The predicted molar refractivity (Wildman–Crippen MR) is 73.5 cm³/mol. The molecule has 0 aromatic heterocycles. The van der Waals surface area contributed by atoms with Crippen LogP contribution in [0.2, 0.25) is 5.02 Å². The third-order valence-corrected chi connectivity index (χ3v) is 6.16. The van der Waals surface area contributed by atoms with Crippen LogP contribution in [0.3, 0.4) is 0 Å². The van der Waals surface area contributed by atoms with E-state index < -0.39 is 41.6 Å². The zero-order valence-corrected chi connectivity index (χ0v) is 13.2. The topological polar surface area (TPSA) is 57.6 Å². The van der Waals surface area contributed by atoms with E-state index in [1.54, 1.807) is 0 Å². The average molecular weight is 391 g/mol. The predicted octanol–water partition coefficient (Wildman–Crippen LogP) is 2.49. The lowest BCUT2D eigenvalue weighted by Gasteiger charge is -2.21. The number of nitrogens with zero attached hydrogens (tertiary/aromatic N) is 1. The normalized spacial score (nSPS) is 23.1. The van der Waals surface area contributed by atoms with Gasteiger partial charge in [-0.05, 0) is 34.1 Å². The summed E-state index contributed by atoms with van der Waals surface area (Å²) in [7, 11) is -4.12. The third-order valence-electron chi connectivity index (χ3n) is 3.04. The summed E-state index contributed by atoms with van der Waals surface area (Å²) in [5.41, 5.74) is 0. The van der Waals surface area contributed by atoms with Gasteiger partial charge in [-0.3, -0.25) is 0 Å². The first kappa shape index (κ1) is 16.1. The fourth-order valence-electron chi connectivity index (χ4n) is 2.08. The molecule has 1 saturated heterocycles. The minimum Gasteiger partial charge on any atom is -0.395 e. The molecule has 1 fully saturated rings. The molecule has 1 aromatic carbocycles. The summed E-state index contributed by atoms with van der Waals surface area (Å²) < 4.78 is 52.6. The van der Waals surface area contributed by atoms with E-state index in [2.05, 4.69) is 15.9 Å². The Morgan fingerprint density at radius 3 is 2.70 bits per heavy atom. The van der Waals surface area contributed by atoms with E-state index in [0.29, 0.717) is 8.78 Å². The van der Waals surface area contributed by atoms with Gasteiger partial charge in [0.2, 0.25) is 10.0 Å². The van der Waals surface area contributed by atoms with Gasteiger partial charge in [0.25, 0.3) is 5.92 Å². The Morgan fingerprint density at radius 1 is 1.50 bits per heavy atom. The average Bonchev–Trinajstić information content (AvgIpc) is 2.68. The van der Waals surface area contributed by atoms with Gasteiger partial charge in [0.05, 0.1) is 29.1 Å². The lowest BCUT2D eigenvalue weighted by Crippen LogP contribution is -2.38. The van der Waals surface area contributed by atoms with Gasteiger partial charge in [-0.1, -0.05) is 11.6 Å². The fourth-order valence-corrected chi connectivity index (χ4v) is 4.24. The smallest absolute Gasteiger partial charge is 0.263 e. The van der Waals surface area contributed by atoms with Crippen LogP contribution in [0.4, 0.5) is 8.78 Å². The Hall–Kier alpha value is -0.280. The molecule has 1 atom stereocenters. The van der Waals surface area contributed by atoms with E-state index in [1.165, 1.54) is 18.2 Å². The molecule has 0 spiro atoms. The van der Waals surface area contributed by atoms with E-state index in [0.717, 1.165) is 0 Å². The molecular weight excluding hydrogens is 380 g/mol. The minimum atomic E-state index is -4.12. The molecule has 112 valence electrons. The number of sulfonamides is 1. The number of hydrogen-bond donors (Lipinski definition) is 1. The Labute approximate surface area is 128 Å². The lowest BCUT2D eigenvalue weighted by molar-refractivity contribution is 0.0161. The van der Waals surface area contributed by atoms with Gasteiger partial charge >= 0.3 is 0 Å². The summed E-state index contributed by atoms with van der Waals surface area (Å²) >= 11 is 8.95. The maximum Gasteiger partial charge on any atom is 0.263 e. The third kappa shape index (κ3) is 2.99. The zero-order chi connectivity index (χ0) is 15.1. The highest BCUT2D eigenvalue weighted by molar-refractivity contribution is 9.10. The second-order valence-corrected chi connectivity index (χ2v) is 7.67. The highest BCUT2D eigenvalue weighted by Gasteiger charge is 2.49. The molecule has 0 saturated carbocycles. The molecule has 1 heterocycles. The molecule has 1 N–H and O–H groups in total. The first-order valence-corrected chi connectivity index (χ1v) is 8.24. The number of benzene rings is 1. The molecule has 0 bridgehead atoms. The summed E-state index contributed by atoms with van der Waals surface area (Å²) in [5, 5.41) is 9.27. The van der Waals surface area contributed by atoms with Gasteiger partial charge in [0.1, 0.15) is 0 Å². The van der Waals surface area contributed by atoms with Crippen molar-refractivity contribution in [3.05, 3.63) is 27.7 Å². The van der Waals surface area contributed by atoms with Crippen LogP contribution in [0.5, 0.6) is 0 Å². The van der Waals surface area contributed by atoms with Crippen LogP contribution in [0.15, 0.2) is 27.6 Å². The summed E-state index contributed by atoms with van der Waals surface area (Å²) in [4.78, 5) is -0.179. The van der Waals surface area contributed by atoms with E-state index in [4.69, 9.17) is 16.7 Å². The molecule has 20 heavy (non-hydrogen) atoms. The van der Waals surface area contributed by atoms with Crippen LogP contribution in [-0.4, -0.2) is 42.9 Å². The lowest BCUT2D eigenvalue weighted by atomic mass is 10.2. The number of aliphatic hydroxyl groups excluding tert-OH is 1. The van der Waals surface area contributed by atoms with Gasteiger partial charge in [-0.2, -0.15) is 4.31 Å². The van der Waals surface area contributed by atoms with Crippen molar-refractivity contribution >= 4 is 37.6 Å². The van der Waals surface area contributed by atoms with E-state index >= 15 is 0 Å². The molecule has 1 aliphatic rings. The molecule has 0 unspecified atom stereocenters. The minimum absolute atomic E-state index is 0.164. The summed E-state index contributed by atoms with van der Waals surface area (Å²) in [6.45, 7) is -1.59. The van der Waals surface area contributed by atoms with Crippen molar-refractivity contribution in [1.82, 2.24) is 4.31 Å². The van der Waals surface area contributed by atoms with Gasteiger partial charge in [-0.15, -0.1) is 0 Å². The van der Waals surface area contributed by atoms with E-state index in [9.17, 15) is 17.2 Å². The van der Waals surface area contributed by atoms with Crippen molar-refractivity contribution in [2.75, 3.05) is 13.2 Å². The molecular formula is C11H11BrClF2NO3S. The van der Waals surface area contributed by atoms with Gasteiger partial charge in [0.15, 0.2) is 0 Å². The van der Waals surface area contributed by atoms with E-state index in [-0.39, 0.29) is 9.92 Å². The monoisotopic (exact) mass is 389 g/mol. The highest BCUT2D eigenvalue weighted by Crippen LogP contribution is 2.36. The molecule has 0 radical (unpaired) electrons. The summed E-state index contributed by atoms with van der Waals surface area (Å²) in [5.74, 6) is -3.14. The van der Waals surface area contributed by atoms with Crippen molar-refractivity contribution in [3.63, 3.8) is 0 Å². The van der Waals surface area contributed by atoms with Gasteiger partial charge < -0.3 is 5.11 Å². The van der Waals surface area contributed by atoms with Crippen molar-refractivity contribution in [2.45, 2.75) is 23.3 Å². The van der Waals surface area contributed by atoms with Crippen LogP contribution >= 0.6 is 27.5 Å². The van der Waals surface area contributed by atoms with Crippen molar-refractivity contribution in [2.24, 2.45) is 0 Å². The number of hydrogen-bond acceptors (Lipinski definition) is 3. The van der Waals surface area contributed by atoms with Crippen LogP contribution in [0.1, 0.15) is 6.42 Å². The van der Waals surface area contributed by atoms with Gasteiger partial charge in [0, 0.05) is 10.9 Å². The van der Waals surface area contributed by atoms with Crippen LogP contribution in [-0.2, 0) is 10.0 Å². The van der Waals surface area contributed by atoms with Gasteiger partial charge in [-0.25, -0.2) is 17.2 Å². The molecule has 9 heteroatoms. The van der Waals surface area contributed by atoms with Crippen LogP contribution < -0.4 is 0 Å². The molecule has 0 aliphatic carbocycles. The maximum atomic E-state index is 13.4. The van der Waals surface area contributed by atoms with Crippen molar-refractivity contribution in [3.8, 4) is 0 Å². The van der Waals surface area contributed by atoms with Crippen LogP contribution in [0, 0.1) is 0 Å². The Kier molecular flexibility index (Phi) is 4.42. The number of alkyl halides is 2. The number of rotatable bonds is 3. The Morgan fingerprint density at radius 2 is 2.15 bits per heavy atom. The molecule has 1 aliphatic heterocycles. The zero-order valence-electron chi connectivity index (χ0n) is 10.1. The largest absolute Gasteiger partial charge is 0.395 e. The molecule has 0 amide bonds. The maximum absolute atomic E-state index is 13.4. The van der Waals surface area contributed by atoms with Crippen LogP contribution in [0.25, 0.3) is 0 Å². The highest BCUT2D eigenvalue weighted by atomic mass is 79.9. The van der Waals surface area contributed by atoms with Crippen molar-refractivity contribution in [1.29, 1.82) is 0 Å². The molecule has 1 aromatic rings. The van der Waals surface area contributed by atoms with E-state index in [1.807, 2.05) is 0 Å². The SMILES string of the molecule is O=S(=O)(c1ccc(Br)c(Cl)c1)N1CC(F)(F)C[C@H]1CO. The van der Waals surface area contributed by atoms with Crippen molar-refractivity contribution < 1.29 is 22.3 Å². The quantitative estimate of drug-likeness (QED) is 0.863. The molecule has 4 nitrogen and oxygen atoms in total. The number of halogens is 4. The second kappa shape index (κ2) is 5.49. The fraction of sp³-hybridized carbons (Fsp3) is 0.455. The number of aliphatic hydroxyl groups is 1. The first-order valence-electron chi connectivity index (χ1n) is 5.63. The second-order valence-electron chi connectivity index (χ2n) is 4.52. The first-order chi connectivity index (χ1) is 9.17. The standard InChI is InChI=1S/C11H11BrClF2NO3S/c12-9-2-1-8(3-10(9)13)20(18,19)16-6-11(14,15)4-7(16)5-17/h1-3,7,17H,4-6H2/t7-/m0/s1. The summed E-state index contributed by atoms with van der Waals surface area (Å²) in [6, 6.07) is 2.76. The Bertz CT molecular complexity index is 626. The Balaban J connectivity index is 2.41. The summed E-state index contributed by atoms with van der Waals surface area (Å²) in [6.07, 6.45) is -0.688.